The van der Waals surface area contributed by atoms with Gasteiger partial charge in [-0.1, -0.05) is 35.9 Å². The van der Waals surface area contributed by atoms with Gasteiger partial charge in [-0.3, -0.25) is 4.79 Å². The molecule has 0 aliphatic carbocycles. The van der Waals surface area contributed by atoms with Crippen LogP contribution in [0.3, 0.4) is 0 Å². The van der Waals surface area contributed by atoms with Gasteiger partial charge in [0, 0.05) is 16.4 Å². The number of benzene rings is 2. The molecule has 2 aromatic carbocycles. The van der Waals surface area contributed by atoms with E-state index < -0.39 is 0 Å². The zero-order valence-corrected chi connectivity index (χ0v) is 15.4. The second-order valence-electron chi connectivity index (χ2n) is 6.53. The summed E-state index contributed by atoms with van der Waals surface area (Å²) >= 11 is 6.10. The van der Waals surface area contributed by atoms with Crippen molar-refractivity contribution < 1.29 is 9.69 Å². The molecular weight excluding hydrogens is 334 g/mol. The van der Waals surface area contributed by atoms with Gasteiger partial charge in [0.25, 0.3) is 0 Å². The molecule has 2 aromatic rings. The molecule has 3 rings (SSSR count). The third-order valence-corrected chi connectivity index (χ3v) is 5.25. The number of carbonyl (C=O) groups excluding carboxylic acids is 1. The fourth-order valence-corrected chi connectivity index (χ4v) is 3.39. The first-order chi connectivity index (χ1) is 12.1. The number of anilines is 2. The van der Waals surface area contributed by atoms with Crippen molar-refractivity contribution in [2.24, 2.45) is 0 Å². The fraction of sp³-hybridized carbons (Fsp3) is 0.350. The Bertz CT molecular complexity index is 712. The molecule has 132 valence electrons. The highest BCUT2D eigenvalue weighted by Crippen LogP contribution is 2.22. The number of hydrogen-bond acceptors (Lipinski definition) is 2. The van der Waals surface area contributed by atoms with Crippen LogP contribution in [0.1, 0.15) is 12.0 Å². The standard InChI is InChI=1S/C20H24ClN3O/c1-16-18(21)8-5-9-19(16)22-20(25)10-11-23-12-14-24(15-13-23)17-6-3-2-4-7-17/h2-9H,10-15H2,1H3,(H,22,25)/p+1. The van der Waals surface area contributed by atoms with E-state index >= 15 is 0 Å². The Morgan fingerprint density at radius 2 is 1.84 bits per heavy atom. The molecule has 0 bridgehead atoms. The predicted octanol–water partition coefficient (Wildman–Crippen LogP) is 2.38. The summed E-state index contributed by atoms with van der Waals surface area (Å²) in [4.78, 5) is 16.1. The summed E-state index contributed by atoms with van der Waals surface area (Å²) in [6, 6.07) is 16.1. The molecule has 1 amide bonds. The number of amides is 1. The number of carbonyl (C=O) groups is 1. The summed E-state index contributed by atoms with van der Waals surface area (Å²) < 4.78 is 0. The van der Waals surface area contributed by atoms with Crippen molar-refractivity contribution >= 4 is 28.9 Å². The Hall–Kier alpha value is -2.04. The molecule has 1 fully saturated rings. The Morgan fingerprint density at radius 1 is 1.12 bits per heavy atom. The third-order valence-electron chi connectivity index (χ3n) is 4.84. The van der Waals surface area contributed by atoms with Gasteiger partial charge >= 0.3 is 0 Å². The minimum Gasteiger partial charge on any atom is -0.360 e. The van der Waals surface area contributed by atoms with Crippen molar-refractivity contribution in [1.82, 2.24) is 0 Å². The van der Waals surface area contributed by atoms with E-state index in [0.29, 0.717) is 11.4 Å². The molecule has 0 spiro atoms. The van der Waals surface area contributed by atoms with Crippen molar-refractivity contribution in [2.45, 2.75) is 13.3 Å². The van der Waals surface area contributed by atoms with Crippen LogP contribution in [0.25, 0.3) is 0 Å². The number of quaternary nitrogens is 1. The number of nitrogens with zero attached hydrogens (tertiary/aromatic N) is 1. The number of nitrogens with one attached hydrogen (secondary N) is 2. The summed E-state index contributed by atoms with van der Waals surface area (Å²) in [6.07, 6.45) is 0.534. The average molecular weight is 359 g/mol. The van der Waals surface area contributed by atoms with Crippen molar-refractivity contribution in [3.8, 4) is 0 Å². The summed E-state index contributed by atoms with van der Waals surface area (Å²) in [5.41, 5.74) is 3.01. The zero-order valence-electron chi connectivity index (χ0n) is 14.6. The maximum absolute atomic E-state index is 12.2. The molecule has 1 heterocycles. The van der Waals surface area contributed by atoms with Gasteiger partial charge in [-0.05, 0) is 36.8 Å². The average Bonchev–Trinajstić information content (AvgIpc) is 2.65. The fourth-order valence-electron chi connectivity index (χ4n) is 3.22. The molecular formula is C20H25ClN3O+. The van der Waals surface area contributed by atoms with E-state index in [9.17, 15) is 4.79 Å². The molecule has 5 heteroatoms. The summed E-state index contributed by atoms with van der Waals surface area (Å²) in [5.74, 6) is 0.0587. The normalized spacial score (nSPS) is 15.2. The molecule has 1 saturated heterocycles. The van der Waals surface area contributed by atoms with Crippen molar-refractivity contribution in [3.05, 3.63) is 59.1 Å². The van der Waals surface area contributed by atoms with E-state index in [1.54, 1.807) is 0 Å². The van der Waals surface area contributed by atoms with E-state index in [4.69, 9.17) is 11.6 Å². The van der Waals surface area contributed by atoms with Crippen LogP contribution < -0.4 is 15.1 Å². The highest BCUT2D eigenvalue weighted by atomic mass is 35.5. The molecule has 4 nitrogen and oxygen atoms in total. The van der Waals surface area contributed by atoms with E-state index in [-0.39, 0.29) is 5.91 Å². The molecule has 0 saturated carbocycles. The van der Waals surface area contributed by atoms with E-state index in [2.05, 4.69) is 34.5 Å². The third kappa shape index (κ3) is 4.74. The lowest BCUT2D eigenvalue weighted by Gasteiger charge is -2.33. The molecule has 0 radical (unpaired) electrons. The second kappa shape index (κ2) is 8.37. The number of halogens is 1. The van der Waals surface area contributed by atoms with Gasteiger partial charge in [0.2, 0.25) is 5.91 Å². The highest BCUT2D eigenvalue weighted by Gasteiger charge is 2.20. The maximum atomic E-state index is 12.2. The first-order valence-electron chi connectivity index (χ1n) is 8.82. The zero-order chi connectivity index (χ0) is 17.6. The molecule has 0 aromatic heterocycles. The largest absolute Gasteiger partial charge is 0.360 e. The van der Waals surface area contributed by atoms with E-state index in [1.165, 1.54) is 10.6 Å². The highest BCUT2D eigenvalue weighted by molar-refractivity contribution is 6.31. The van der Waals surface area contributed by atoms with Crippen LogP contribution >= 0.6 is 11.6 Å². The molecule has 1 aliphatic heterocycles. The van der Waals surface area contributed by atoms with Crippen LogP contribution in [0.5, 0.6) is 0 Å². The maximum Gasteiger partial charge on any atom is 0.230 e. The van der Waals surface area contributed by atoms with Crippen LogP contribution in [-0.4, -0.2) is 38.6 Å². The lowest BCUT2D eigenvalue weighted by molar-refractivity contribution is -0.900. The quantitative estimate of drug-likeness (QED) is 0.861. The van der Waals surface area contributed by atoms with Gasteiger partial charge in [-0.2, -0.15) is 0 Å². The first-order valence-corrected chi connectivity index (χ1v) is 9.20. The van der Waals surface area contributed by atoms with Gasteiger partial charge in [0.15, 0.2) is 0 Å². The number of para-hydroxylation sites is 1. The number of rotatable bonds is 5. The first kappa shape index (κ1) is 17.8. The molecule has 2 N–H and O–H groups in total. The van der Waals surface area contributed by atoms with Gasteiger partial charge in [-0.25, -0.2) is 0 Å². The summed E-state index contributed by atoms with van der Waals surface area (Å²) in [5, 5.41) is 3.66. The van der Waals surface area contributed by atoms with Crippen LogP contribution in [-0.2, 0) is 4.79 Å². The Morgan fingerprint density at radius 3 is 2.56 bits per heavy atom. The van der Waals surface area contributed by atoms with Gasteiger partial charge in [0.05, 0.1) is 39.1 Å². The predicted molar refractivity (Wildman–Crippen MR) is 104 cm³/mol. The Labute approximate surface area is 154 Å². The lowest BCUT2D eigenvalue weighted by Crippen LogP contribution is -3.15. The van der Waals surface area contributed by atoms with Gasteiger partial charge < -0.3 is 15.1 Å². The van der Waals surface area contributed by atoms with Gasteiger partial charge in [-0.15, -0.1) is 0 Å². The number of piperazine rings is 1. The Kier molecular flexibility index (Phi) is 5.95. The van der Waals surface area contributed by atoms with E-state index in [0.717, 1.165) is 44.0 Å². The van der Waals surface area contributed by atoms with E-state index in [1.807, 2.05) is 31.2 Å². The van der Waals surface area contributed by atoms with Crippen molar-refractivity contribution in [3.63, 3.8) is 0 Å². The van der Waals surface area contributed by atoms with Crippen molar-refractivity contribution in [1.29, 1.82) is 0 Å². The minimum absolute atomic E-state index is 0.0587. The summed E-state index contributed by atoms with van der Waals surface area (Å²) in [6.45, 7) is 7.00. The summed E-state index contributed by atoms with van der Waals surface area (Å²) in [7, 11) is 0. The van der Waals surface area contributed by atoms with Crippen LogP contribution in [0.2, 0.25) is 5.02 Å². The number of hydrogen-bond donors (Lipinski definition) is 2. The molecule has 25 heavy (non-hydrogen) atoms. The van der Waals surface area contributed by atoms with Crippen LogP contribution in [0.15, 0.2) is 48.5 Å². The van der Waals surface area contributed by atoms with Gasteiger partial charge in [0.1, 0.15) is 0 Å². The van der Waals surface area contributed by atoms with Crippen LogP contribution in [0, 0.1) is 6.92 Å². The Balaban J connectivity index is 1.44. The smallest absolute Gasteiger partial charge is 0.230 e. The lowest BCUT2D eigenvalue weighted by atomic mass is 10.2. The topological polar surface area (TPSA) is 36.8 Å². The van der Waals surface area contributed by atoms with Crippen LogP contribution in [0.4, 0.5) is 11.4 Å². The minimum atomic E-state index is 0.0587. The second-order valence-corrected chi connectivity index (χ2v) is 6.94. The molecule has 1 aliphatic rings. The monoisotopic (exact) mass is 358 g/mol. The molecule has 0 atom stereocenters. The molecule has 0 unspecified atom stereocenters. The van der Waals surface area contributed by atoms with Crippen molar-refractivity contribution in [2.75, 3.05) is 42.9 Å². The SMILES string of the molecule is Cc1c(Cl)cccc1NC(=O)CC[NH+]1CCN(c2ccccc2)CC1.